The Hall–Kier alpha value is -4.58. The molecule has 1 aliphatic rings. The lowest BCUT2D eigenvalue weighted by Crippen LogP contribution is -2.11. The molecule has 4 aromatic carbocycles. The van der Waals surface area contributed by atoms with Crippen molar-refractivity contribution in [1.82, 2.24) is 0 Å². The molecule has 0 fully saturated rings. The summed E-state index contributed by atoms with van der Waals surface area (Å²) < 4.78 is 6.30. The van der Waals surface area contributed by atoms with Crippen LogP contribution in [-0.4, -0.2) is 25.5 Å². The molecule has 0 bridgehead atoms. The zero-order valence-corrected chi connectivity index (χ0v) is 18.0. The normalized spacial score (nSPS) is 16.9. The third-order valence-electron chi connectivity index (χ3n) is 5.88. The van der Waals surface area contributed by atoms with Gasteiger partial charge < -0.3 is 30.3 Å². The first-order chi connectivity index (χ1) is 16.4. The van der Waals surface area contributed by atoms with Crippen molar-refractivity contribution in [1.29, 1.82) is 0 Å². The summed E-state index contributed by atoms with van der Waals surface area (Å²) in [6.45, 7) is 0. The van der Waals surface area contributed by atoms with Crippen molar-refractivity contribution in [2.24, 2.45) is 0 Å². The van der Waals surface area contributed by atoms with Gasteiger partial charge in [-0.1, -0.05) is 36.4 Å². The Morgan fingerprint density at radius 2 is 1.15 bits per heavy atom. The van der Waals surface area contributed by atoms with E-state index in [2.05, 4.69) is 0 Å². The fourth-order valence-corrected chi connectivity index (χ4v) is 4.34. The lowest BCUT2D eigenvalue weighted by atomic mass is 9.84. The lowest BCUT2D eigenvalue weighted by Gasteiger charge is -2.21. The average Bonchev–Trinajstić information content (AvgIpc) is 3.19. The number of phenols is 5. The molecule has 34 heavy (non-hydrogen) atoms. The van der Waals surface area contributed by atoms with Crippen molar-refractivity contribution < 1.29 is 30.3 Å². The van der Waals surface area contributed by atoms with E-state index in [9.17, 15) is 25.5 Å². The van der Waals surface area contributed by atoms with Crippen LogP contribution < -0.4 is 4.74 Å². The maximum Gasteiger partial charge on any atom is 0.135 e. The molecule has 2 atom stereocenters. The summed E-state index contributed by atoms with van der Waals surface area (Å²) in [6, 6.07) is 21.1. The molecule has 4 aromatic rings. The number of ether oxygens (including phenoxy) is 1. The Bertz CT molecular complexity index is 1350. The lowest BCUT2D eigenvalue weighted by molar-refractivity contribution is 0.222. The fourth-order valence-electron chi connectivity index (χ4n) is 4.34. The van der Waals surface area contributed by atoms with E-state index in [0.717, 1.165) is 11.1 Å². The molecule has 1 heterocycles. The van der Waals surface area contributed by atoms with Crippen LogP contribution >= 0.6 is 0 Å². The van der Waals surface area contributed by atoms with Crippen LogP contribution in [0.3, 0.4) is 0 Å². The third-order valence-corrected chi connectivity index (χ3v) is 5.88. The number of phenolic OH excluding ortho intramolecular Hbond substituents is 5. The third kappa shape index (κ3) is 4.09. The maximum atomic E-state index is 11.0. The van der Waals surface area contributed by atoms with E-state index in [-0.39, 0.29) is 28.7 Å². The van der Waals surface area contributed by atoms with Crippen LogP contribution in [0.4, 0.5) is 0 Å². The van der Waals surface area contributed by atoms with Gasteiger partial charge in [-0.3, -0.25) is 0 Å². The minimum absolute atomic E-state index is 0.0250. The quantitative estimate of drug-likeness (QED) is 0.255. The van der Waals surface area contributed by atoms with E-state index in [0.29, 0.717) is 22.4 Å². The van der Waals surface area contributed by atoms with Crippen molar-refractivity contribution >= 4 is 12.2 Å². The summed E-state index contributed by atoms with van der Waals surface area (Å²) in [4.78, 5) is 0. The van der Waals surface area contributed by atoms with E-state index in [1.807, 2.05) is 18.2 Å². The molecular weight excluding hydrogens is 432 g/mol. The van der Waals surface area contributed by atoms with Crippen LogP contribution in [0.25, 0.3) is 12.2 Å². The summed E-state index contributed by atoms with van der Waals surface area (Å²) >= 11 is 0. The van der Waals surface area contributed by atoms with E-state index in [1.54, 1.807) is 54.6 Å². The average molecular weight is 454 g/mol. The molecule has 0 radical (unpaired) electrons. The van der Waals surface area contributed by atoms with Crippen LogP contribution in [-0.2, 0) is 0 Å². The number of benzene rings is 4. The summed E-state index contributed by atoms with van der Waals surface area (Å²) in [6.07, 6.45) is 3.13. The highest BCUT2D eigenvalue weighted by molar-refractivity contribution is 5.73. The van der Waals surface area contributed by atoms with Gasteiger partial charge in [-0.2, -0.15) is 0 Å². The summed E-state index contributed by atoms with van der Waals surface area (Å²) in [7, 11) is 0. The van der Waals surface area contributed by atoms with E-state index >= 15 is 0 Å². The molecule has 5 N–H and O–H groups in total. The first-order valence-corrected chi connectivity index (χ1v) is 10.7. The highest BCUT2D eigenvalue weighted by Gasteiger charge is 2.39. The predicted molar refractivity (Wildman–Crippen MR) is 128 cm³/mol. The minimum atomic E-state index is -0.556. The summed E-state index contributed by atoms with van der Waals surface area (Å²) in [5.74, 6) is 0.114. The molecular formula is C28H22O6. The topological polar surface area (TPSA) is 110 Å². The summed E-state index contributed by atoms with van der Waals surface area (Å²) in [5.41, 5.74) is 3.49. The maximum absolute atomic E-state index is 11.0. The summed E-state index contributed by atoms with van der Waals surface area (Å²) in [5, 5.41) is 50.3. The van der Waals surface area contributed by atoms with Gasteiger partial charge in [0.05, 0.1) is 5.92 Å². The monoisotopic (exact) mass is 454 g/mol. The molecule has 0 saturated carbocycles. The van der Waals surface area contributed by atoms with Gasteiger partial charge in [-0.05, 0) is 70.8 Å². The molecule has 0 spiro atoms. The molecule has 170 valence electrons. The SMILES string of the molecule is Oc1ccc(/C=C/c2cc(O)c3c(c2)O[C@H](c2ccc(O)cc2)[C@H]3c2cc(O)cc(O)c2)cc1. The molecule has 6 heteroatoms. The van der Waals surface area contributed by atoms with Gasteiger partial charge in [0, 0.05) is 11.6 Å². The molecule has 0 saturated heterocycles. The van der Waals surface area contributed by atoms with Crippen molar-refractivity contribution in [3.8, 4) is 34.5 Å². The Labute approximate surface area is 195 Å². The van der Waals surface area contributed by atoms with Crippen molar-refractivity contribution in [2.45, 2.75) is 12.0 Å². The van der Waals surface area contributed by atoms with Crippen molar-refractivity contribution in [3.05, 3.63) is 107 Å². The Morgan fingerprint density at radius 1 is 0.559 bits per heavy atom. The van der Waals surface area contributed by atoms with Gasteiger partial charge in [0.15, 0.2) is 0 Å². The van der Waals surface area contributed by atoms with Crippen LogP contribution in [0.15, 0.2) is 78.9 Å². The molecule has 0 amide bonds. The van der Waals surface area contributed by atoms with Crippen LogP contribution in [0.5, 0.6) is 34.5 Å². The molecule has 6 nitrogen and oxygen atoms in total. The number of fused-ring (bicyclic) bond motifs is 1. The van der Waals surface area contributed by atoms with Crippen LogP contribution in [0.2, 0.25) is 0 Å². The van der Waals surface area contributed by atoms with Crippen LogP contribution in [0.1, 0.15) is 39.8 Å². The number of aromatic hydroxyl groups is 5. The molecule has 0 aliphatic carbocycles. The van der Waals surface area contributed by atoms with Gasteiger partial charge in [0.2, 0.25) is 0 Å². The van der Waals surface area contributed by atoms with Crippen molar-refractivity contribution in [2.75, 3.05) is 0 Å². The Morgan fingerprint density at radius 3 is 1.79 bits per heavy atom. The van der Waals surface area contributed by atoms with Gasteiger partial charge in [-0.15, -0.1) is 0 Å². The van der Waals surface area contributed by atoms with Crippen molar-refractivity contribution in [3.63, 3.8) is 0 Å². The van der Waals surface area contributed by atoms with Gasteiger partial charge >= 0.3 is 0 Å². The van der Waals surface area contributed by atoms with Crippen LogP contribution in [0, 0.1) is 0 Å². The number of rotatable bonds is 4. The van der Waals surface area contributed by atoms with Gasteiger partial charge in [0.1, 0.15) is 40.6 Å². The largest absolute Gasteiger partial charge is 0.508 e. The number of hydrogen-bond donors (Lipinski definition) is 5. The highest BCUT2D eigenvalue weighted by Crippen LogP contribution is 2.54. The fraction of sp³-hybridized carbons (Fsp3) is 0.0714. The molecule has 0 unspecified atom stereocenters. The molecule has 1 aliphatic heterocycles. The van der Waals surface area contributed by atoms with E-state index in [1.165, 1.54) is 18.2 Å². The molecule has 0 aromatic heterocycles. The number of hydrogen-bond acceptors (Lipinski definition) is 6. The van der Waals surface area contributed by atoms with E-state index < -0.39 is 12.0 Å². The Balaban J connectivity index is 1.58. The smallest absolute Gasteiger partial charge is 0.135 e. The predicted octanol–water partition coefficient (Wildman–Crippen LogP) is 5.65. The second kappa shape index (κ2) is 8.41. The Kier molecular flexibility index (Phi) is 5.26. The second-order valence-corrected chi connectivity index (χ2v) is 8.27. The highest BCUT2D eigenvalue weighted by atomic mass is 16.5. The zero-order valence-electron chi connectivity index (χ0n) is 18.0. The minimum Gasteiger partial charge on any atom is -0.508 e. The first-order valence-electron chi connectivity index (χ1n) is 10.7. The standard InChI is InChI=1S/C28H22O6/c29-20-7-3-16(4-8-20)1-2-17-11-24(33)27-25(12-17)34-28(18-5-9-21(30)10-6-18)26(27)19-13-22(31)15-23(32)14-19/h1-15,26,28-33H/b2-1+/t26-,28+/m0/s1. The van der Waals surface area contributed by atoms with Gasteiger partial charge in [0.25, 0.3) is 0 Å². The van der Waals surface area contributed by atoms with Gasteiger partial charge in [-0.25, -0.2) is 0 Å². The molecule has 5 rings (SSSR count). The second-order valence-electron chi connectivity index (χ2n) is 8.27. The van der Waals surface area contributed by atoms with E-state index in [4.69, 9.17) is 4.74 Å². The first kappa shape index (κ1) is 21.3. The zero-order chi connectivity index (χ0) is 23.8.